The zero-order valence-corrected chi connectivity index (χ0v) is 16.5. The van der Waals surface area contributed by atoms with Gasteiger partial charge in [-0.05, 0) is 53.2 Å². The quantitative estimate of drug-likeness (QED) is 0.272. The number of benzene rings is 1. The zero-order valence-electron chi connectivity index (χ0n) is 13.5. The minimum Gasteiger partial charge on any atom is -0.459 e. The maximum atomic E-state index is 11.8. The van der Waals surface area contributed by atoms with Crippen molar-refractivity contribution < 1.29 is 14.3 Å². The van der Waals surface area contributed by atoms with E-state index in [9.17, 15) is 9.59 Å². The van der Waals surface area contributed by atoms with E-state index < -0.39 is 17.5 Å². The maximum absolute atomic E-state index is 11.8. The molecule has 1 rings (SSSR count). The van der Waals surface area contributed by atoms with Crippen LogP contribution in [-0.4, -0.2) is 29.7 Å². The molecule has 128 valence electrons. The molecule has 0 saturated heterocycles. The first-order valence-electron chi connectivity index (χ1n) is 6.91. The SMILES string of the molecule is CC(C)(C)OC(=O)CNc1ccc(C#CSI)cc1C(=N)C(N)=O. The van der Waals surface area contributed by atoms with Gasteiger partial charge in [-0.1, -0.05) is 5.92 Å². The van der Waals surface area contributed by atoms with E-state index in [1.807, 2.05) is 21.2 Å². The number of nitrogens with two attached hydrogens (primary N) is 1. The number of rotatable bonds is 5. The summed E-state index contributed by atoms with van der Waals surface area (Å²) in [5.41, 5.74) is 5.63. The summed E-state index contributed by atoms with van der Waals surface area (Å²) < 4.78 is 5.21. The Morgan fingerprint density at radius 1 is 1.42 bits per heavy atom. The molecule has 0 heterocycles. The molecule has 1 aromatic rings. The number of carbonyl (C=O) groups is 2. The molecule has 0 aliphatic heterocycles. The number of hydrogen-bond donors (Lipinski definition) is 3. The van der Waals surface area contributed by atoms with Crippen molar-refractivity contribution in [3.05, 3.63) is 29.3 Å². The molecule has 6 nitrogen and oxygen atoms in total. The van der Waals surface area contributed by atoms with Crippen molar-refractivity contribution in [3.8, 4) is 11.2 Å². The number of anilines is 1. The topological polar surface area (TPSA) is 105 Å². The molecular formula is C16H18IN3O3S. The van der Waals surface area contributed by atoms with Crippen LogP contribution in [0.25, 0.3) is 0 Å². The Balaban J connectivity index is 3.02. The molecule has 0 aromatic heterocycles. The summed E-state index contributed by atoms with van der Waals surface area (Å²) in [6.07, 6.45) is 0. The number of esters is 1. The lowest BCUT2D eigenvalue weighted by Gasteiger charge is -2.20. The third kappa shape index (κ3) is 6.80. The molecule has 24 heavy (non-hydrogen) atoms. The van der Waals surface area contributed by atoms with Gasteiger partial charge in [-0.15, -0.1) is 0 Å². The van der Waals surface area contributed by atoms with Gasteiger partial charge in [-0.2, -0.15) is 0 Å². The lowest BCUT2D eigenvalue weighted by Crippen LogP contribution is -2.29. The number of hydrogen-bond acceptors (Lipinski definition) is 6. The lowest BCUT2D eigenvalue weighted by molar-refractivity contribution is -0.152. The van der Waals surface area contributed by atoms with E-state index in [1.54, 1.807) is 39.0 Å². The molecule has 0 spiro atoms. The van der Waals surface area contributed by atoms with Crippen LogP contribution in [0, 0.1) is 16.6 Å². The highest BCUT2D eigenvalue weighted by Gasteiger charge is 2.18. The van der Waals surface area contributed by atoms with Gasteiger partial charge in [0.1, 0.15) is 17.9 Å². The van der Waals surface area contributed by atoms with Gasteiger partial charge in [0.05, 0.1) is 0 Å². The first kappa shape index (κ1) is 20.3. The molecule has 0 saturated carbocycles. The number of nitrogens with one attached hydrogen (secondary N) is 2. The third-order valence-electron chi connectivity index (χ3n) is 2.61. The Kier molecular flexibility index (Phi) is 7.57. The average molecular weight is 459 g/mol. The Labute approximate surface area is 157 Å². The Morgan fingerprint density at radius 3 is 2.62 bits per heavy atom. The minimum atomic E-state index is -0.858. The van der Waals surface area contributed by atoms with Crippen LogP contribution in [0.1, 0.15) is 31.9 Å². The second-order valence-electron chi connectivity index (χ2n) is 5.74. The second kappa shape index (κ2) is 8.94. The van der Waals surface area contributed by atoms with Crippen molar-refractivity contribution in [1.82, 2.24) is 0 Å². The summed E-state index contributed by atoms with van der Waals surface area (Å²) >= 11 is 2.05. The molecule has 0 unspecified atom stereocenters. The molecule has 0 atom stereocenters. The van der Waals surface area contributed by atoms with Gasteiger partial charge in [0, 0.05) is 38.0 Å². The van der Waals surface area contributed by atoms with Gasteiger partial charge in [-0.3, -0.25) is 15.0 Å². The fraction of sp³-hybridized carbons (Fsp3) is 0.312. The van der Waals surface area contributed by atoms with Crippen molar-refractivity contribution in [3.63, 3.8) is 0 Å². The minimum absolute atomic E-state index is 0.0923. The first-order valence-corrected chi connectivity index (χ1v) is 10.3. The largest absolute Gasteiger partial charge is 0.459 e. The normalized spacial score (nSPS) is 10.3. The van der Waals surface area contributed by atoms with Crippen LogP contribution in [0.3, 0.4) is 0 Å². The van der Waals surface area contributed by atoms with Gasteiger partial charge in [0.2, 0.25) is 0 Å². The smallest absolute Gasteiger partial charge is 0.325 e. The lowest BCUT2D eigenvalue weighted by atomic mass is 10.0. The predicted octanol–water partition coefficient (Wildman–Crippen LogP) is 2.69. The van der Waals surface area contributed by atoms with Gasteiger partial charge in [0.15, 0.2) is 0 Å². The third-order valence-corrected chi connectivity index (χ3v) is 3.45. The van der Waals surface area contributed by atoms with Crippen molar-refractivity contribution in [1.29, 1.82) is 5.41 Å². The Morgan fingerprint density at radius 2 is 2.08 bits per heavy atom. The van der Waals surface area contributed by atoms with Crippen LogP contribution >= 0.6 is 30.1 Å². The van der Waals surface area contributed by atoms with Crippen LogP contribution < -0.4 is 11.1 Å². The molecule has 8 heteroatoms. The summed E-state index contributed by atoms with van der Waals surface area (Å²) in [6.45, 7) is 5.23. The number of amides is 1. The Bertz CT molecular complexity index is 718. The van der Waals surface area contributed by atoms with E-state index in [0.717, 1.165) is 0 Å². The monoisotopic (exact) mass is 459 g/mol. The first-order chi connectivity index (χ1) is 11.1. The van der Waals surface area contributed by atoms with Crippen LogP contribution in [0.5, 0.6) is 0 Å². The molecule has 0 fully saturated rings. The number of ether oxygens (including phenoxy) is 1. The molecule has 1 aromatic carbocycles. The van der Waals surface area contributed by atoms with Gasteiger partial charge in [-0.25, -0.2) is 0 Å². The van der Waals surface area contributed by atoms with Crippen LogP contribution in [0.15, 0.2) is 18.2 Å². The Hall–Kier alpha value is -1.73. The van der Waals surface area contributed by atoms with Crippen LogP contribution in [-0.2, 0) is 14.3 Å². The molecule has 0 aliphatic carbocycles. The van der Waals surface area contributed by atoms with Crippen molar-refractivity contribution >= 4 is 53.4 Å². The molecule has 0 radical (unpaired) electrons. The zero-order chi connectivity index (χ0) is 18.3. The van der Waals surface area contributed by atoms with E-state index in [1.165, 1.54) is 8.93 Å². The summed E-state index contributed by atoms with van der Waals surface area (Å²) in [4.78, 5) is 23.1. The predicted molar refractivity (Wildman–Crippen MR) is 105 cm³/mol. The van der Waals surface area contributed by atoms with E-state index in [2.05, 4.69) is 16.5 Å². The fourth-order valence-electron chi connectivity index (χ4n) is 1.74. The summed E-state index contributed by atoms with van der Waals surface area (Å²) in [5.74, 6) is 1.59. The summed E-state index contributed by atoms with van der Waals surface area (Å²) in [5, 5.41) is 13.5. The molecule has 0 bridgehead atoms. The van der Waals surface area contributed by atoms with Crippen molar-refractivity contribution in [2.24, 2.45) is 5.73 Å². The number of primary amides is 1. The molecule has 0 aliphatic rings. The second-order valence-corrected chi connectivity index (χ2v) is 7.42. The molecular weight excluding hydrogens is 441 g/mol. The van der Waals surface area contributed by atoms with Crippen LogP contribution in [0.4, 0.5) is 5.69 Å². The highest BCUT2D eigenvalue weighted by atomic mass is 127. The average Bonchev–Trinajstić information content (AvgIpc) is 2.48. The van der Waals surface area contributed by atoms with Gasteiger partial charge < -0.3 is 15.8 Å². The van der Waals surface area contributed by atoms with Crippen molar-refractivity contribution in [2.45, 2.75) is 26.4 Å². The summed E-state index contributed by atoms with van der Waals surface area (Å²) in [6, 6.07) is 4.97. The van der Waals surface area contributed by atoms with E-state index in [-0.39, 0.29) is 17.8 Å². The standard InChI is InChI=1S/C16H18IN3O3S/c1-16(2,3)23-13(21)9-20-12-5-4-10(6-7-24-17)8-11(12)14(18)15(19)22/h4-5,8,18,20H,9H2,1-3H3,(H2,19,22). The molecule has 4 N–H and O–H groups in total. The highest BCUT2D eigenvalue weighted by molar-refractivity contribution is 14.2. The van der Waals surface area contributed by atoms with Gasteiger partial charge >= 0.3 is 5.97 Å². The van der Waals surface area contributed by atoms with E-state index >= 15 is 0 Å². The van der Waals surface area contributed by atoms with E-state index in [4.69, 9.17) is 15.9 Å². The maximum Gasteiger partial charge on any atom is 0.325 e. The van der Waals surface area contributed by atoms with Crippen molar-refractivity contribution in [2.75, 3.05) is 11.9 Å². The highest BCUT2D eigenvalue weighted by Crippen LogP contribution is 2.19. The fourth-order valence-corrected chi connectivity index (χ4v) is 2.23. The number of carbonyl (C=O) groups excluding carboxylic acids is 2. The van der Waals surface area contributed by atoms with E-state index in [0.29, 0.717) is 11.3 Å². The van der Waals surface area contributed by atoms with Gasteiger partial charge in [0.25, 0.3) is 5.91 Å². The summed E-state index contributed by atoms with van der Waals surface area (Å²) in [7, 11) is 1.33. The van der Waals surface area contributed by atoms with Crippen LogP contribution in [0.2, 0.25) is 0 Å². The number of halogens is 1. The molecule has 1 amide bonds.